The van der Waals surface area contributed by atoms with Crippen molar-refractivity contribution in [1.29, 1.82) is 0 Å². The third-order valence-electron chi connectivity index (χ3n) is 1.40. The first-order valence-electron chi connectivity index (χ1n) is 4.00. The molecule has 78 valence electrons. The summed E-state index contributed by atoms with van der Waals surface area (Å²) in [5.41, 5.74) is 0. The molecule has 2 N–H and O–H groups in total. The maximum atomic E-state index is 11.0. The van der Waals surface area contributed by atoms with E-state index in [1.165, 1.54) is 24.3 Å². The quantitative estimate of drug-likeness (QED) is 0.438. The van der Waals surface area contributed by atoms with Crippen LogP contribution in [0.15, 0.2) is 36.4 Å². The number of hydrogen-bond donors (Lipinski definition) is 2. The second-order valence-corrected chi connectivity index (χ2v) is 2.59. The van der Waals surface area contributed by atoms with Gasteiger partial charge in [-0.1, -0.05) is 6.07 Å². The molecule has 0 aromatic heterocycles. The maximum Gasteiger partial charge on any atom is 0.336 e. The van der Waals surface area contributed by atoms with Crippen molar-refractivity contribution in [2.24, 2.45) is 0 Å². The predicted octanol–water partition coefficient (Wildman–Crippen LogP) is 0.938. The zero-order chi connectivity index (χ0) is 11.3. The molecule has 0 atom stereocenters. The number of esters is 1. The fraction of sp³-hybridized carbons (Fsp3) is 0. The molecule has 0 aliphatic carbocycles. The molecule has 0 aliphatic rings. The number of phenolic OH excluding ortho intramolecular Hbond substituents is 1. The first-order valence-corrected chi connectivity index (χ1v) is 4.00. The van der Waals surface area contributed by atoms with E-state index in [9.17, 15) is 9.59 Å². The summed E-state index contributed by atoms with van der Waals surface area (Å²) < 4.78 is 4.70. The van der Waals surface area contributed by atoms with Crippen LogP contribution in [0.25, 0.3) is 0 Å². The third kappa shape index (κ3) is 3.95. The van der Waals surface area contributed by atoms with Gasteiger partial charge in [-0.25, -0.2) is 9.59 Å². The van der Waals surface area contributed by atoms with Gasteiger partial charge in [0.2, 0.25) is 0 Å². The van der Waals surface area contributed by atoms with Gasteiger partial charge in [0, 0.05) is 18.2 Å². The minimum Gasteiger partial charge on any atom is -0.508 e. The Kier molecular flexibility index (Phi) is 3.45. The highest BCUT2D eigenvalue weighted by molar-refractivity contribution is 5.91. The minimum absolute atomic E-state index is 0.0393. The lowest BCUT2D eigenvalue weighted by molar-refractivity contribution is -0.133. The summed E-state index contributed by atoms with van der Waals surface area (Å²) in [5.74, 6) is -1.94. The molecule has 0 saturated carbocycles. The summed E-state index contributed by atoms with van der Waals surface area (Å²) >= 11 is 0. The van der Waals surface area contributed by atoms with Gasteiger partial charge in [-0.2, -0.15) is 0 Å². The number of carboxylic acids is 1. The summed E-state index contributed by atoms with van der Waals surface area (Å²) in [6.45, 7) is 0. The molecule has 0 fully saturated rings. The highest BCUT2D eigenvalue weighted by atomic mass is 16.5. The van der Waals surface area contributed by atoms with E-state index in [2.05, 4.69) is 0 Å². The zero-order valence-electron chi connectivity index (χ0n) is 7.58. The van der Waals surface area contributed by atoms with E-state index >= 15 is 0 Å². The van der Waals surface area contributed by atoms with Crippen LogP contribution in [0.3, 0.4) is 0 Å². The average molecular weight is 208 g/mol. The van der Waals surface area contributed by atoms with Gasteiger partial charge >= 0.3 is 11.9 Å². The van der Waals surface area contributed by atoms with Crippen molar-refractivity contribution in [3.63, 3.8) is 0 Å². The third-order valence-corrected chi connectivity index (χ3v) is 1.40. The smallest absolute Gasteiger partial charge is 0.336 e. The Morgan fingerprint density at radius 3 is 2.60 bits per heavy atom. The fourth-order valence-corrected chi connectivity index (χ4v) is 0.837. The fourth-order valence-electron chi connectivity index (χ4n) is 0.837. The molecule has 0 amide bonds. The van der Waals surface area contributed by atoms with Crippen LogP contribution in [-0.4, -0.2) is 22.2 Å². The van der Waals surface area contributed by atoms with Crippen LogP contribution in [0.4, 0.5) is 0 Å². The van der Waals surface area contributed by atoms with Gasteiger partial charge in [-0.05, 0) is 12.1 Å². The lowest BCUT2D eigenvalue weighted by Crippen LogP contribution is -2.04. The average Bonchev–Trinajstić information content (AvgIpc) is 2.15. The molecule has 1 aromatic rings. The van der Waals surface area contributed by atoms with E-state index < -0.39 is 11.9 Å². The van der Waals surface area contributed by atoms with E-state index in [0.29, 0.717) is 6.08 Å². The van der Waals surface area contributed by atoms with Crippen LogP contribution in [0.5, 0.6) is 11.5 Å². The topological polar surface area (TPSA) is 83.8 Å². The standard InChI is InChI=1S/C10H8O5/c11-7-2-1-3-8(6-7)15-10(14)5-4-9(12)13/h1-6,11H,(H,12,13)/b5-4-. The summed E-state index contributed by atoms with van der Waals surface area (Å²) in [6, 6.07) is 5.63. The summed E-state index contributed by atoms with van der Waals surface area (Å²) in [4.78, 5) is 21.0. The molecule has 0 unspecified atom stereocenters. The van der Waals surface area contributed by atoms with Crippen molar-refractivity contribution < 1.29 is 24.5 Å². The van der Waals surface area contributed by atoms with Crippen LogP contribution in [0.2, 0.25) is 0 Å². The van der Waals surface area contributed by atoms with Crippen LogP contribution in [-0.2, 0) is 9.59 Å². The molecule has 0 aliphatic heterocycles. The SMILES string of the molecule is O=C(O)/C=C\C(=O)Oc1cccc(O)c1. The number of rotatable bonds is 3. The Morgan fingerprint density at radius 2 is 2.00 bits per heavy atom. The van der Waals surface area contributed by atoms with Gasteiger partial charge in [0.1, 0.15) is 11.5 Å². The minimum atomic E-state index is -1.23. The van der Waals surface area contributed by atoms with Crippen molar-refractivity contribution in [1.82, 2.24) is 0 Å². The van der Waals surface area contributed by atoms with Gasteiger partial charge in [0.25, 0.3) is 0 Å². The van der Waals surface area contributed by atoms with Gasteiger partial charge in [-0.15, -0.1) is 0 Å². The first-order chi connectivity index (χ1) is 7.08. The second kappa shape index (κ2) is 4.80. The number of carboxylic acid groups (broad SMARTS) is 1. The number of carbonyl (C=O) groups is 2. The summed E-state index contributed by atoms with van der Waals surface area (Å²) in [5, 5.41) is 17.3. The highest BCUT2D eigenvalue weighted by Crippen LogP contribution is 2.17. The van der Waals surface area contributed by atoms with E-state index in [1.54, 1.807) is 0 Å². The normalized spacial score (nSPS) is 10.1. The molecule has 0 spiro atoms. The van der Waals surface area contributed by atoms with E-state index in [1.807, 2.05) is 0 Å². The zero-order valence-corrected chi connectivity index (χ0v) is 7.58. The molecule has 0 saturated heterocycles. The Balaban J connectivity index is 2.63. The summed E-state index contributed by atoms with van der Waals surface area (Å²) in [6.07, 6.45) is 1.46. The van der Waals surface area contributed by atoms with Crippen LogP contribution >= 0.6 is 0 Å². The molecule has 0 bridgehead atoms. The largest absolute Gasteiger partial charge is 0.508 e. The Morgan fingerprint density at radius 1 is 1.27 bits per heavy atom. The Bertz CT molecular complexity index is 408. The van der Waals surface area contributed by atoms with Crippen molar-refractivity contribution in [3.05, 3.63) is 36.4 Å². The first kappa shape index (κ1) is 10.8. The molecule has 1 rings (SSSR count). The Labute approximate surface area is 85.2 Å². The van der Waals surface area contributed by atoms with Gasteiger partial charge in [0.05, 0.1) is 0 Å². The lowest BCUT2D eigenvalue weighted by atomic mass is 10.3. The molecule has 1 aromatic carbocycles. The van der Waals surface area contributed by atoms with Crippen LogP contribution in [0.1, 0.15) is 0 Å². The highest BCUT2D eigenvalue weighted by Gasteiger charge is 2.01. The van der Waals surface area contributed by atoms with Crippen molar-refractivity contribution in [2.45, 2.75) is 0 Å². The molecular formula is C10H8O5. The van der Waals surface area contributed by atoms with Crippen molar-refractivity contribution in [2.75, 3.05) is 0 Å². The second-order valence-electron chi connectivity index (χ2n) is 2.59. The number of ether oxygens (including phenoxy) is 1. The summed E-state index contributed by atoms with van der Waals surface area (Å²) in [7, 11) is 0. The molecular weight excluding hydrogens is 200 g/mol. The molecule has 5 nitrogen and oxygen atoms in total. The van der Waals surface area contributed by atoms with Gasteiger partial charge in [-0.3, -0.25) is 0 Å². The predicted molar refractivity (Wildman–Crippen MR) is 50.5 cm³/mol. The molecule has 5 heteroatoms. The van der Waals surface area contributed by atoms with Gasteiger partial charge in [0.15, 0.2) is 0 Å². The maximum absolute atomic E-state index is 11.0. The van der Waals surface area contributed by atoms with Crippen LogP contribution in [0, 0.1) is 0 Å². The number of aromatic hydroxyl groups is 1. The number of benzene rings is 1. The number of aliphatic carboxylic acids is 1. The van der Waals surface area contributed by atoms with Crippen molar-refractivity contribution >= 4 is 11.9 Å². The monoisotopic (exact) mass is 208 g/mol. The van der Waals surface area contributed by atoms with Crippen molar-refractivity contribution in [3.8, 4) is 11.5 Å². The Hall–Kier alpha value is -2.30. The van der Waals surface area contributed by atoms with E-state index in [-0.39, 0.29) is 11.5 Å². The molecule has 15 heavy (non-hydrogen) atoms. The lowest BCUT2D eigenvalue weighted by Gasteiger charge is -2.00. The number of carbonyl (C=O) groups excluding carboxylic acids is 1. The van der Waals surface area contributed by atoms with Gasteiger partial charge < -0.3 is 14.9 Å². The number of hydrogen-bond acceptors (Lipinski definition) is 4. The molecule has 0 heterocycles. The van der Waals surface area contributed by atoms with E-state index in [4.69, 9.17) is 14.9 Å². The van der Waals surface area contributed by atoms with E-state index in [0.717, 1.165) is 6.08 Å². The van der Waals surface area contributed by atoms with Crippen LogP contribution < -0.4 is 4.74 Å². The molecule has 0 radical (unpaired) electrons. The number of phenols is 1.